The maximum atomic E-state index is 10.5. The number of hydrogen-bond donors (Lipinski definition) is 1. The van der Waals surface area contributed by atoms with Gasteiger partial charge in [-0.05, 0) is 19.4 Å². The summed E-state index contributed by atoms with van der Waals surface area (Å²) in [6.07, 6.45) is 5.96. The molecule has 0 aliphatic rings. The lowest BCUT2D eigenvalue weighted by Crippen LogP contribution is -2.15. The van der Waals surface area contributed by atoms with Gasteiger partial charge in [0.25, 0.3) is 0 Å². The SMILES string of the molecule is CCC=CC=C(C)OC(=O)C(=O)O. The minimum Gasteiger partial charge on any atom is -0.473 e. The van der Waals surface area contributed by atoms with E-state index in [0.717, 1.165) is 6.42 Å². The van der Waals surface area contributed by atoms with Crippen molar-refractivity contribution in [1.29, 1.82) is 0 Å². The number of carboxylic acids is 1. The van der Waals surface area contributed by atoms with E-state index in [0.29, 0.717) is 0 Å². The molecule has 0 fully saturated rings. The van der Waals surface area contributed by atoms with Gasteiger partial charge in [0.1, 0.15) is 5.76 Å². The smallest absolute Gasteiger partial charge is 0.422 e. The van der Waals surface area contributed by atoms with Crippen LogP contribution in [0.15, 0.2) is 24.0 Å². The van der Waals surface area contributed by atoms with Gasteiger partial charge in [0.2, 0.25) is 0 Å². The molecule has 0 radical (unpaired) electrons. The third-order valence-corrected chi connectivity index (χ3v) is 1.13. The molecule has 0 saturated carbocycles. The Morgan fingerprint density at radius 3 is 2.54 bits per heavy atom. The van der Waals surface area contributed by atoms with E-state index in [4.69, 9.17) is 5.11 Å². The van der Waals surface area contributed by atoms with Gasteiger partial charge in [-0.3, -0.25) is 0 Å². The molecule has 4 heteroatoms. The fraction of sp³-hybridized carbons (Fsp3) is 0.333. The lowest BCUT2D eigenvalue weighted by Gasteiger charge is -1.97. The van der Waals surface area contributed by atoms with E-state index in [9.17, 15) is 9.59 Å². The van der Waals surface area contributed by atoms with E-state index in [1.54, 1.807) is 6.08 Å². The summed E-state index contributed by atoms with van der Waals surface area (Å²) in [7, 11) is 0. The third-order valence-electron chi connectivity index (χ3n) is 1.13. The molecule has 13 heavy (non-hydrogen) atoms. The van der Waals surface area contributed by atoms with Gasteiger partial charge in [-0.15, -0.1) is 0 Å². The number of esters is 1. The van der Waals surface area contributed by atoms with Crippen molar-refractivity contribution in [3.8, 4) is 0 Å². The van der Waals surface area contributed by atoms with Gasteiger partial charge in [-0.25, -0.2) is 9.59 Å². The highest BCUT2D eigenvalue weighted by molar-refractivity contribution is 6.28. The molecule has 1 N–H and O–H groups in total. The molecular formula is C9H12O4. The van der Waals surface area contributed by atoms with E-state index in [2.05, 4.69) is 4.74 Å². The maximum Gasteiger partial charge on any atom is 0.422 e. The molecule has 4 nitrogen and oxygen atoms in total. The molecule has 0 spiro atoms. The molecule has 0 unspecified atom stereocenters. The quantitative estimate of drug-likeness (QED) is 0.312. The van der Waals surface area contributed by atoms with E-state index in [1.165, 1.54) is 13.0 Å². The largest absolute Gasteiger partial charge is 0.473 e. The molecule has 0 heterocycles. The second kappa shape index (κ2) is 5.99. The molecule has 0 bridgehead atoms. The topological polar surface area (TPSA) is 63.6 Å². The van der Waals surface area contributed by atoms with Gasteiger partial charge in [-0.1, -0.05) is 19.1 Å². The average Bonchev–Trinajstić information content (AvgIpc) is 2.04. The fourth-order valence-electron chi connectivity index (χ4n) is 0.564. The summed E-state index contributed by atoms with van der Waals surface area (Å²) in [5.74, 6) is -2.59. The van der Waals surface area contributed by atoms with Gasteiger partial charge in [0.15, 0.2) is 0 Å². The highest BCUT2D eigenvalue weighted by Crippen LogP contribution is 1.97. The van der Waals surface area contributed by atoms with Crippen molar-refractivity contribution in [3.05, 3.63) is 24.0 Å². The van der Waals surface area contributed by atoms with Gasteiger partial charge in [0.05, 0.1) is 0 Å². The van der Waals surface area contributed by atoms with Gasteiger partial charge in [-0.2, -0.15) is 0 Å². The zero-order valence-electron chi connectivity index (χ0n) is 7.61. The molecule has 0 aromatic heterocycles. The summed E-state index contributed by atoms with van der Waals surface area (Å²) in [6.45, 7) is 3.48. The van der Waals surface area contributed by atoms with Crippen molar-refractivity contribution in [2.45, 2.75) is 20.3 Å². The molecule has 0 aliphatic heterocycles. The summed E-state index contributed by atoms with van der Waals surface area (Å²) in [6, 6.07) is 0. The van der Waals surface area contributed by atoms with Crippen molar-refractivity contribution >= 4 is 11.9 Å². The first-order chi connectivity index (χ1) is 6.07. The Hall–Kier alpha value is -1.58. The van der Waals surface area contributed by atoms with Crippen LogP contribution in [0.2, 0.25) is 0 Å². The van der Waals surface area contributed by atoms with E-state index in [1.807, 2.05) is 13.0 Å². The standard InChI is InChI=1S/C9H12O4/c1-3-4-5-6-7(2)13-9(12)8(10)11/h4-6H,3H2,1-2H3,(H,10,11). The highest BCUT2D eigenvalue weighted by Gasteiger charge is 2.12. The molecule has 0 rings (SSSR count). The average molecular weight is 184 g/mol. The Kier molecular flexibility index (Phi) is 5.27. The van der Waals surface area contributed by atoms with Gasteiger partial charge in [0, 0.05) is 0 Å². The number of carboxylic acid groups (broad SMARTS) is 1. The number of hydrogen-bond acceptors (Lipinski definition) is 3. The van der Waals surface area contributed by atoms with Crippen LogP contribution in [0.4, 0.5) is 0 Å². The predicted molar refractivity (Wildman–Crippen MR) is 46.9 cm³/mol. The summed E-state index contributed by atoms with van der Waals surface area (Å²) in [5, 5.41) is 8.18. The van der Waals surface area contributed by atoms with Crippen molar-refractivity contribution < 1.29 is 19.4 Å². The Labute approximate surface area is 76.5 Å². The monoisotopic (exact) mass is 184 g/mol. The number of ether oxygens (including phenoxy) is 1. The van der Waals surface area contributed by atoms with Gasteiger partial charge >= 0.3 is 11.9 Å². The van der Waals surface area contributed by atoms with Crippen LogP contribution in [0.5, 0.6) is 0 Å². The Morgan fingerprint density at radius 2 is 2.08 bits per heavy atom. The van der Waals surface area contributed by atoms with Crippen LogP contribution >= 0.6 is 0 Å². The fourth-order valence-corrected chi connectivity index (χ4v) is 0.564. The normalized spacial score (nSPS) is 11.7. The molecule has 0 aliphatic carbocycles. The van der Waals surface area contributed by atoms with Crippen LogP contribution in [0, 0.1) is 0 Å². The van der Waals surface area contributed by atoms with Crippen molar-refractivity contribution in [1.82, 2.24) is 0 Å². The summed E-state index contributed by atoms with van der Waals surface area (Å²) < 4.78 is 4.43. The molecule has 72 valence electrons. The number of allylic oxidation sites excluding steroid dienone is 4. The summed E-state index contributed by atoms with van der Waals surface area (Å²) in [4.78, 5) is 20.5. The van der Waals surface area contributed by atoms with E-state index < -0.39 is 11.9 Å². The van der Waals surface area contributed by atoms with Crippen LogP contribution in [0.3, 0.4) is 0 Å². The molecule has 0 aromatic rings. The zero-order chi connectivity index (χ0) is 10.3. The van der Waals surface area contributed by atoms with Crippen LogP contribution in [-0.2, 0) is 14.3 Å². The third kappa shape index (κ3) is 5.66. The van der Waals surface area contributed by atoms with Gasteiger partial charge < -0.3 is 9.84 Å². The van der Waals surface area contributed by atoms with Crippen molar-refractivity contribution in [2.75, 3.05) is 0 Å². The zero-order valence-corrected chi connectivity index (χ0v) is 7.61. The maximum absolute atomic E-state index is 10.5. The Balaban J connectivity index is 4.06. The summed E-state index contributed by atoms with van der Waals surface area (Å²) in [5.41, 5.74) is 0. The minimum atomic E-state index is -1.59. The first-order valence-corrected chi connectivity index (χ1v) is 3.86. The molecule has 0 aromatic carbocycles. The number of aliphatic carboxylic acids is 1. The highest BCUT2D eigenvalue weighted by atomic mass is 16.6. The minimum absolute atomic E-state index is 0.261. The molecular weight excluding hydrogens is 172 g/mol. The second-order valence-corrected chi connectivity index (χ2v) is 2.31. The first kappa shape index (κ1) is 11.4. The van der Waals surface area contributed by atoms with E-state index >= 15 is 0 Å². The Morgan fingerprint density at radius 1 is 1.46 bits per heavy atom. The van der Waals surface area contributed by atoms with Crippen LogP contribution in [-0.4, -0.2) is 17.0 Å². The molecule has 0 amide bonds. The van der Waals surface area contributed by atoms with Crippen LogP contribution < -0.4 is 0 Å². The van der Waals surface area contributed by atoms with Crippen LogP contribution in [0.25, 0.3) is 0 Å². The Bertz CT molecular complexity index is 250. The summed E-state index contributed by atoms with van der Waals surface area (Å²) >= 11 is 0. The number of carbonyl (C=O) groups excluding carboxylic acids is 1. The van der Waals surface area contributed by atoms with Crippen LogP contribution in [0.1, 0.15) is 20.3 Å². The lowest BCUT2D eigenvalue weighted by molar-refractivity contribution is -0.161. The van der Waals surface area contributed by atoms with Crippen molar-refractivity contribution in [2.24, 2.45) is 0 Å². The molecule has 0 atom stereocenters. The second-order valence-electron chi connectivity index (χ2n) is 2.31. The predicted octanol–water partition coefficient (Wildman–Crippen LogP) is 1.48. The molecule has 0 saturated heterocycles. The number of rotatable bonds is 3. The lowest BCUT2D eigenvalue weighted by atomic mass is 10.4. The van der Waals surface area contributed by atoms with Crippen molar-refractivity contribution in [3.63, 3.8) is 0 Å². The first-order valence-electron chi connectivity index (χ1n) is 3.86. The van der Waals surface area contributed by atoms with E-state index in [-0.39, 0.29) is 5.76 Å². The number of carbonyl (C=O) groups is 2.